The quantitative estimate of drug-likeness (QED) is 0.855. The van der Waals surface area contributed by atoms with Crippen LogP contribution in [0.25, 0.3) is 0 Å². The van der Waals surface area contributed by atoms with Crippen LogP contribution in [0.4, 0.5) is 0 Å². The van der Waals surface area contributed by atoms with Gasteiger partial charge in [-0.25, -0.2) is 4.98 Å². The number of imidazole rings is 1. The van der Waals surface area contributed by atoms with Gasteiger partial charge in [0.15, 0.2) is 0 Å². The Kier molecular flexibility index (Phi) is 4.43. The van der Waals surface area contributed by atoms with E-state index >= 15 is 0 Å². The molecule has 0 radical (unpaired) electrons. The van der Waals surface area contributed by atoms with Crippen LogP contribution in [-0.4, -0.2) is 57.4 Å². The van der Waals surface area contributed by atoms with Crippen molar-refractivity contribution in [1.29, 1.82) is 0 Å². The molecule has 1 saturated heterocycles. The van der Waals surface area contributed by atoms with Crippen molar-refractivity contribution in [3.8, 4) is 0 Å². The summed E-state index contributed by atoms with van der Waals surface area (Å²) in [6.07, 6.45) is 9.01. The number of likely N-dealkylation sites (tertiary alicyclic amines) is 1. The lowest BCUT2D eigenvalue weighted by atomic mass is 9.87. The van der Waals surface area contributed by atoms with Crippen LogP contribution in [0.3, 0.4) is 0 Å². The second-order valence-corrected chi connectivity index (χ2v) is 6.34. The molecule has 122 valence electrons. The van der Waals surface area contributed by atoms with E-state index in [4.69, 9.17) is 0 Å². The maximum atomic E-state index is 13.0. The highest BCUT2D eigenvalue weighted by Crippen LogP contribution is 2.31. The summed E-state index contributed by atoms with van der Waals surface area (Å²) >= 11 is 0. The normalized spacial score (nSPS) is 22.0. The van der Waals surface area contributed by atoms with E-state index in [0.717, 1.165) is 31.6 Å². The summed E-state index contributed by atoms with van der Waals surface area (Å²) in [6.45, 7) is 2.42. The molecule has 1 amide bonds. The SMILES string of the molecule is CN(C)C(=O)C1(n2ccnc2)CCCN(Cc2ccccn2)C1. The number of pyridine rings is 1. The monoisotopic (exact) mass is 313 g/mol. The molecule has 0 saturated carbocycles. The molecule has 1 atom stereocenters. The van der Waals surface area contributed by atoms with Crippen LogP contribution in [0, 0.1) is 0 Å². The minimum Gasteiger partial charge on any atom is -0.347 e. The van der Waals surface area contributed by atoms with E-state index < -0.39 is 5.54 Å². The first-order chi connectivity index (χ1) is 11.1. The predicted octanol–water partition coefficient (Wildman–Crippen LogP) is 1.36. The first-order valence-electron chi connectivity index (χ1n) is 7.94. The van der Waals surface area contributed by atoms with Crippen LogP contribution >= 0.6 is 0 Å². The smallest absolute Gasteiger partial charge is 0.249 e. The minimum atomic E-state index is -0.576. The van der Waals surface area contributed by atoms with E-state index in [1.54, 1.807) is 17.4 Å². The maximum absolute atomic E-state index is 13.0. The molecule has 0 aromatic carbocycles. The number of carbonyl (C=O) groups excluding carboxylic acids is 1. The lowest BCUT2D eigenvalue weighted by Gasteiger charge is -2.43. The number of rotatable bonds is 4. The van der Waals surface area contributed by atoms with Crippen LogP contribution in [0.1, 0.15) is 18.5 Å². The molecule has 0 N–H and O–H groups in total. The summed E-state index contributed by atoms with van der Waals surface area (Å²) in [6, 6.07) is 5.95. The van der Waals surface area contributed by atoms with Crippen LogP contribution < -0.4 is 0 Å². The molecule has 0 aliphatic carbocycles. The largest absolute Gasteiger partial charge is 0.347 e. The van der Waals surface area contributed by atoms with E-state index in [0.29, 0.717) is 6.54 Å². The molecule has 1 fully saturated rings. The fourth-order valence-electron chi connectivity index (χ4n) is 3.40. The van der Waals surface area contributed by atoms with Crippen LogP contribution in [-0.2, 0) is 16.9 Å². The van der Waals surface area contributed by atoms with Gasteiger partial charge in [-0.05, 0) is 31.5 Å². The Balaban J connectivity index is 1.86. The van der Waals surface area contributed by atoms with Gasteiger partial charge in [0.2, 0.25) is 5.91 Å². The number of nitrogens with zero attached hydrogens (tertiary/aromatic N) is 5. The summed E-state index contributed by atoms with van der Waals surface area (Å²) < 4.78 is 1.97. The third-order valence-corrected chi connectivity index (χ3v) is 4.46. The number of hydrogen-bond donors (Lipinski definition) is 0. The average Bonchev–Trinajstić information content (AvgIpc) is 3.10. The third kappa shape index (κ3) is 3.12. The van der Waals surface area contributed by atoms with Gasteiger partial charge in [-0.1, -0.05) is 6.07 Å². The van der Waals surface area contributed by atoms with Gasteiger partial charge in [-0.15, -0.1) is 0 Å². The van der Waals surface area contributed by atoms with Crippen LogP contribution in [0.15, 0.2) is 43.1 Å². The zero-order valence-electron chi connectivity index (χ0n) is 13.7. The van der Waals surface area contributed by atoms with Crippen molar-refractivity contribution in [2.75, 3.05) is 27.2 Å². The van der Waals surface area contributed by atoms with Crippen LogP contribution in [0.2, 0.25) is 0 Å². The summed E-state index contributed by atoms with van der Waals surface area (Å²) in [5.41, 5.74) is 0.457. The van der Waals surface area contributed by atoms with Gasteiger partial charge >= 0.3 is 0 Å². The molecule has 2 aromatic rings. The van der Waals surface area contributed by atoms with Crippen molar-refractivity contribution in [3.05, 3.63) is 48.8 Å². The number of piperidine rings is 1. The summed E-state index contributed by atoms with van der Waals surface area (Å²) in [7, 11) is 3.64. The highest BCUT2D eigenvalue weighted by Gasteiger charge is 2.44. The lowest BCUT2D eigenvalue weighted by molar-refractivity contribution is -0.141. The first kappa shape index (κ1) is 15.7. The van der Waals surface area contributed by atoms with Gasteiger partial charge in [0, 0.05) is 45.8 Å². The van der Waals surface area contributed by atoms with Gasteiger partial charge in [-0.3, -0.25) is 14.7 Å². The number of hydrogen-bond acceptors (Lipinski definition) is 4. The molecule has 23 heavy (non-hydrogen) atoms. The standard InChI is InChI=1S/C17H23N5O/c1-20(2)16(23)17(22-11-9-18-14-22)7-5-10-21(13-17)12-15-6-3-4-8-19-15/h3-4,6,8-9,11,14H,5,7,10,12-13H2,1-2H3. The van der Waals surface area contributed by atoms with Crippen molar-refractivity contribution in [2.24, 2.45) is 0 Å². The summed E-state index contributed by atoms with van der Waals surface area (Å²) in [5.74, 6) is 0.126. The average molecular weight is 313 g/mol. The molecule has 1 aliphatic rings. The molecule has 0 bridgehead atoms. The Bertz CT molecular complexity index is 640. The number of likely N-dealkylation sites (N-methyl/N-ethyl adjacent to an activating group) is 1. The van der Waals surface area contributed by atoms with E-state index in [1.165, 1.54) is 0 Å². The van der Waals surface area contributed by atoms with Gasteiger partial charge in [0.05, 0.1) is 12.0 Å². The molecule has 1 aliphatic heterocycles. The second-order valence-electron chi connectivity index (χ2n) is 6.34. The predicted molar refractivity (Wildman–Crippen MR) is 87.6 cm³/mol. The Labute approximate surface area is 136 Å². The van der Waals surface area contributed by atoms with Gasteiger partial charge in [0.1, 0.15) is 5.54 Å². The molecule has 1 unspecified atom stereocenters. The zero-order chi connectivity index (χ0) is 16.3. The van der Waals surface area contributed by atoms with Crippen LogP contribution in [0.5, 0.6) is 0 Å². The maximum Gasteiger partial charge on any atom is 0.249 e. The van der Waals surface area contributed by atoms with Gasteiger partial charge in [-0.2, -0.15) is 0 Å². The molecule has 6 nitrogen and oxygen atoms in total. The molecule has 0 spiro atoms. The van der Waals surface area contributed by atoms with Crippen molar-refractivity contribution < 1.29 is 4.79 Å². The van der Waals surface area contributed by atoms with Crippen molar-refractivity contribution in [2.45, 2.75) is 24.9 Å². The summed E-state index contributed by atoms with van der Waals surface area (Å²) in [4.78, 5) is 25.5. The second kappa shape index (κ2) is 6.50. The van der Waals surface area contributed by atoms with E-state index in [9.17, 15) is 4.79 Å². The number of aromatic nitrogens is 3. The highest BCUT2D eigenvalue weighted by molar-refractivity contribution is 5.84. The van der Waals surface area contributed by atoms with E-state index in [2.05, 4.69) is 14.9 Å². The fourth-order valence-corrected chi connectivity index (χ4v) is 3.40. The molecule has 2 aromatic heterocycles. The Hall–Kier alpha value is -2.21. The van der Waals surface area contributed by atoms with Crippen molar-refractivity contribution >= 4 is 5.91 Å². The minimum absolute atomic E-state index is 0.126. The fraction of sp³-hybridized carbons (Fsp3) is 0.471. The Morgan fingerprint density at radius 1 is 1.35 bits per heavy atom. The summed E-state index contributed by atoms with van der Waals surface area (Å²) in [5, 5.41) is 0. The molecule has 3 heterocycles. The topological polar surface area (TPSA) is 54.3 Å². The number of carbonyl (C=O) groups is 1. The van der Waals surface area contributed by atoms with Gasteiger partial charge in [0.25, 0.3) is 0 Å². The van der Waals surface area contributed by atoms with Gasteiger partial charge < -0.3 is 9.47 Å². The third-order valence-electron chi connectivity index (χ3n) is 4.46. The zero-order valence-corrected chi connectivity index (χ0v) is 13.7. The molecular formula is C17H23N5O. The van der Waals surface area contributed by atoms with E-state index in [1.807, 2.05) is 49.3 Å². The Morgan fingerprint density at radius 3 is 2.87 bits per heavy atom. The highest BCUT2D eigenvalue weighted by atomic mass is 16.2. The molecule has 3 rings (SSSR count). The van der Waals surface area contributed by atoms with E-state index in [-0.39, 0.29) is 5.91 Å². The first-order valence-corrected chi connectivity index (χ1v) is 7.94. The van der Waals surface area contributed by atoms with Crippen molar-refractivity contribution in [1.82, 2.24) is 24.3 Å². The number of amides is 1. The lowest BCUT2D eigenvalue weighted by Crippen LogP contribution is -2.57. The molecular weight excluding hydrogens is 290 g/mol. The van der Waals surface area contributed by atoms with Crippen molar-refractivity contribution in [3.63, 3.8) is 0 Å². The molecule has 6 heteroatoms. The Morgan fingerprint density at radius 2 is 2.22 bits per heavy atom.